The molecule has 0 bridgehead atoms. The smallest absolute Gasteiger partial charge is 0.232 e. The fraction of sp³-hybridized carbons (Fsp3) is 0.417. The van der Waals surface area contributed by atoms with E-state index in [9.17, 15) is 13.2 Å². The van der Waals surface area contributed by atoms with Crippen LogP contribution in [0.15, 0.2) is 24.3 Å². The third-order valence-corrected chi connectivity index (χ3v) is 3.70. The zero-order valence-electron chi connectivity index (χ0n) is 10.5. The standard InChI is InChI=1S/C12H17NO4S/c1-10(14)11-4-6-12(7-5-11)13-18(15,16)9-3-8-17-2/h4-7,13H,3,8-9H2,1-2H3. The lowest BCUT2D eigenvalue weighted by atomic mass is 10.1. The Labute approximate surface area is 107 Å². The highest BCUT2D eigenvalue weighted by molar-refractivity contribution is 7.92. The topological polar surface area (TPSA) is 72.5 Å². The Morgan fingerprint density at radius 3 is 2.39 bits per heavy atom. The zero-order chi connectivity index (χ0) is 13.6. The minimum absolute atomic E-state index is 0.00923. The van der Waals surface area contributed by atoms with Crippen molar-refractivity contribution < 1.29 is 17.9 Å². The van der Waals surface area contributed by atoms with E-state index in [1.807, 2.05) is 0 Å². The predicted octanol–water partition coefficient (Wildman–Crippen LogP) is 1.67. The number of carbonyl (C=O) groups excluding carboxylic acids is 1. The fourth-order valence-electron chi connectivity index (χ4n) is 1.40. The first-order valence-corrected chi connectivity index (χ1v) is 7.20. The summed E-state index contributed by atoms with van der Waals surface area (Å²) in [6.07, 6.45) is 0.442. The maximum absolute atomic E-state index is 11.7. The molecule has 1 N–H and O–H groups in total. The molecule has 6 heteroatoms. The Bertz CT molecular complexity index is 493. The second-order valence-electron chi connectivity index (χ2n) is 3.90. The Kier molecular flexibility index (Phi) is 5.30. The van der Waals surface area contributed by atoms with Gasteiger partial charge < -0.3 is 4.74 Å². The van der Waals surface area contributed by atoms with E-state index in [1.54, 1.807) is 24.3 Å². The number of ketones is 1. The molecule has 1 rings (SSSR count). The molecule has 0 amide bonds. The quantitative estimate of drug-likeness (QED) is 0.605. The highest BCUT2D eigenvalue weighted by Gasteiger charge is 2.10. The van der Waals surface area contributed by atoms with Crippen molar-refractivity contribution in [3.63, 3.8) is 0 Å². The molecule has 0 saturated heterocycles. The molecule has 1 aromatic carbocycles. The van der Waals surface area contributed by atoms with E-state index in [4.69, 9.17) is 4.74 Å². The van der Waals surface area contributed by atoms with Crippen LogP contribution in [-0.4, -0.2) is 33.7 Å². The third kappa shape index (κ3) is 4.85. The van der Waals surface area contributed by atoms with E-state index in [1.165, 1.54) is 14.0 Å². The second-order valence-corrected chi connectivity index (χ2v) is 5.74. The van der Waals surface area contributed by atoms with Crippen molar-refractivity contribution in [3.05, 3.63) is 29.8 Å². The van der Waals surface area contributed by atoms with Gasteiger partial charge in [0.15, 0.2) is 5.78 Å². The number of anilines is 1. The van der Waals surface area contributed by atoms with Crippen LogP contribution in [-0.2, 0) is 14.8 Å². The third-order valence-electron chi connectivity index (χ3n) is 2.33. The number of Topliss-reactive ketones (excluding diaryl/α,β-unsaturated/α-hetero) is 1. The molecule has 0 fully saturated rings. The maximum Gasteiger partial charge on any atom is 0.232 e. The number of methoxy groups -OCH3 is 1. The highest BCUT2D eigenvalue weighted by atomic mass is 32.2. The number of carbonyl (C=O) groups is 1. The molecule has 18 heavy (non-hydrogen) atoms. The molecule has 5 nitrogen and oxygen atoms in total. The monoisotopic (exact) mass is 271 g/mol. The SMILES string of the molecule is COCCCS(=O)(=O)Nc1ccc(C(C)=O)cc1. The van der Waals surface area contributed by atoms with Crippen molar-refractivity contribution in [1.29, 1.82) is 0 Å². The largest absolute Gasteiger partial charge is 0.385 e. The summed E-state index contributed by atoms with van der Waals surface area (Å²) in [6.45, 7) is 1.87. The summed E-state index contributed by atoms with van der Waals surface area (Å²) in [6, 6.07) is 6.33. The van der Waals surface area contributed by atoms with Crippen molar-refractivity contribution in [2.24, 2.45) is 0 Å². The minimum Gasteiger partial charge on any atom is -0.385 e. The summed E-state index contributed by atoms with van der Waals surface area (Å²) in [7, 11) is -1.83. The van der Waals surface area contributed by atoms with E-state index < -0.39 is 10.0 Å². The van der Waals surface area contributed by atoms with Crippen molar-refractivity contribution in [2.75, 3.05) is 24.2 Å². The molecule has 0 spiro atoms. The summed E-state index contributed by atoms with van der Waals surface area (Å²) < 4.78 is 30.6. The number of hydrogen-bond acceptors (Lipinski definition) is 4. The lowest BCUT2D eigenvalue weighted by Gasteiger charge is -2.08. The number of benzene rings is 1. The van der Waals surface area contributed by atoms with Gasteiger partial charge in [0.25, 0.3) is 0 Å². The molecule has 0 atom stereocenters. The second kappa shape index (κ2) is 6.51. The lowest BCUT2D eigenvalue weighted by molar-refractivity contribution is 0.101. The predicted molar refractivity (Wildman–Crippen MR) is 70.3 cm³/mol. The van der Waals surface area contributed by atoms with Crippen molar-refractivity contribution >= 4 is 21.5 Å². The number of ether oxygens (including phenoxy) is 1. The Hall–Kier alpha value is -1.40. The molecule has 0 aliphatic rings. The molecule has 0 unspecified atom stereocenters. The van der Waals surface area contributed by atoms with Crippen molar-refractivity contribution in [2.45, 2.75) is 13.3 Å². The van der Waals surface area contributed by atoms with Crippen LogP contribution < -0.4 is 4.72 Å². The van der Waals surface area contributed by atoms with Crippen LogP contribution in [0.4, 0.5) is 5.69 Å². The van der Waals surface area contributed by atoms with Gasteiger partial charge in [-0.15, -0.1) is 0 Å². The van der Waals surface area contributed by atoms with Crippen LogP contribution >= 0.6 is 0 Å². The van der Waals surface area contributed by atoms with E-state index in [-0.39, 0.29) is 11.5 Å². The molecule has 1 aromatic rings. The van der Waals surface area contributed by atoms with E-state index >= 15 is 0 Å². The van der Waals surface area contributed by atoms with Gasteiger partial charge in [0.05, 0.1) is 5.75 Å². The molecule has 0 saturated carbocycles. The first-order chi connectivity index (χ1) is 8.44. The van der Waals surface area contributed by atoms with Crippen molar-refractivity contribution in [3.8, 4) is 0 Å². The summed E-state index contributed by atoms with van der Waals surface area (Å²) in [5.74, 6) is -0.0422. The van der Waals surface area contributed by atoms with Crippen LogP contribution in [0.5, 0.6) is 0 Å². The number of nitrogens with one attached hydrogen (secondary N) is 1. The zero-order valence-corrected chi connectivity index (χ0v) is 11.3. The van der Waals surface area contributed by atoms with Gasteiger partial charge in [-0.1, -0.05) is 0 Å². The van der Waals surface area contributed by atoms with E-state index in [2.05, 4.69) is 4.72 Å². The molecule has 100 valence electrons. The van der Waals surface area contributed by atoms with Gasteiger partial charge in [-0.3, -0.25) is 9.52 Å². The van der Waals surface area contributed by atoms with Gasteiger partial charge in [-0.2, -0.15) is 0 Å². The Morgan fingerprint density at radius 1 is 1.28 bits per heavy atom. The Balaban J connectivity index is 2.63. The number of hydrogen-bond donors (Lipinski definition) is 1. The lowest BCUT2D eigenvalue weighted by Crippen LogP contribution is -2.17. The van der Waals surface area contributed by atoms with Crippen LogP contribution in [0, 0.1) is 0 Å². The average molecular weight is 271 g/mol. The average Bonchev–Trinajstić information content (AvgIpc) is 2.29. The van der Waals surface area contributed by atoms with Crippen LogP contribution in [0.25, 0.3) is 0 Å². The molecule has 0 aliphatic heterocycles. The first kappa shape index (κ1) is 14.7. The summed E-state index contributed by atoms with van der Waals surface area (Å²) >= 11 is 0. The molecule has 0 heterocycles. The maximum atomic E-state index is 11.7. The van der Waals surface area contributed by atoms with Crippen molar-refractivity contribution in [1.82, 2.24) is 0 Å². The molecule has 0 aromatic heterocycles. The molecular formula is C12H17NO4S. The van der Waals surface area contributed by atoms with Gasteiger partial charge in [0.1, 0.15) is 0 Å². The van der Waals surface area contributed by atoms with Gasteiger partial charge in [-0.25, -0.2) is 8.42 Å². The number of sulfonamides is 1. The minimum atomic E-state index is -3.35. The summed E-state index contributed by atoms with van der Waals surface area (Å²) in [5.41, 5.74) is 1.01. The number of rotatable bonds is 7. The van der Waals surface area contributed by atoms with Crippen LogP contribution in [0.3, 0.4) is 0 Å². The summed E-state index contributed by atoms with van der Waals surface area (Å²) in [5, 5.41) is 0. The molecular weight excluding hydrogens is 254 g/mol. The van der Waals surface area contributed by atoms with Gasteiger partial charge in [0.2, 0.25) is 10.0 Å². The fourth-order valence-corrected chi connectivity index (χ4v) is 2.49. The van der Waals surface area contributed by atoms with E-state index in [0.29, 0.717) is 24.3 Å². The van der Waals surface area contributed by atoms with Gasteiger partial charge >= 0.3 is 0 Å². The summed E-state index contributed by atoms with van der Waals surface area (Å²) in [4.78, 5) is 11.1. The normalized spacial score (nSPS) is 11.2. The molecule has 0 aliphatic carbocycles. The van der Waals surface area contributed by atoms with Crippen LogP contribution in [0.1, 0.15) is 23.7 Å². The van der Waals surface area contributed by atoms with Gasteiger partial charge in [-0.05, 0) is 37.6 Å². The Morgan fingerprint density at radius 2 is 1.89 bits per heavy atom. The highest BCUT2D eigenvalue weighted by Crippen LogP contribution is 2.12. The van der Waals surface area contributed by atoms with Gasteiger partial charge in [0, 0.05) is 25.0 Å². The van der Waals surface area contributed by atoms with Crippen LogP contribution in [0.2, 0.25) is 0 Å². The van der Waals surface area contributed by atoms with E-state index in [0.717, 1.165) is 0 Å². The first-order valence-electron chi connectivity index (χ1n) is 5.55. The molecule has 0 radical (unpaired) electrons.